The number of rotatable bonds is 8. The number of ether oxygens (including phenoxy) is 2. The molecule has 2 saturated heterocycles. The second-order valence-electron chi connectivity index (χ2n) is 9.34. The number of carbonyl (C=O) groups is 3. The third-order valence-corrected chi connectivity index (χ3v) is 6.80. The summed E-state index contributed by atoms with van der Waals surface area (Å²) in [6.07, 6.45) is 5.72. The van der Waals surface area contributed by atoms with Gasteiger partial charge in [-0.15, -0.1) is 0 Å². The molecule has 1 aromatic rings. The maximum Gasteiger partial charge on any atom is 0.335 e. The van der Waals surface area contributed by atoms with Crippen molar-refractivity contribution in [2.24, 2.45) is 0 Å². The number of aliphatic hydroxyl groups excluding tert-OH is 2. The van der Waals surface area contributed by atoms with E-state index in [9.17, 15) is 14.4 Å². The van der Waals surface area contributed by atoms with Gasteiger partial charge in [0.05, 0.1) is 13.2 Å². The molecule has 1 aliphatic carbocycles. The van der Waals surface area contributed by atoms with Crippen molar-refractivity contribution in [2.75, 3.05) is 39.4 Å². The number of carboxylic acid groups (broad SMARTS) is 2. The Kier molecular flexibility index (Phi) is 10.9. The maximum atomic E-state index is 12.2. The minimum absolute atomic E-state index is 0.0526. The molecule has 11 heteroatoms. The van der Waals surface area contributed by atoms with Crippen LogP contribution in [0.2, 0.25) is 0 Å². The Morgan fingerprint density at radius 3 is 1.95 bits per heavy atom. The van der Waals surface area contributed by atoms with Crippen molar-refractivity contribution < 1.29 is 44.3 Å². The average Bonchev–Trinajstić information content (AvgIpc) is 2.88. The summed E-state index contributed by atoms with van der Waals surface area (Å²) in [5.41, 5.74) is 1.02. The molecule has 2 heterocycles. The number of likely N-dealkylation sites (tertiary alicyclic amines) is 1. The summed E-state index contributed by atoms with van der Waals surface area (Å²) < 4.78 is 11.5. The molecule has 0 aromatic heterocycles. The van der Waals surface area contributed by atoms with E-state index in [-0.39, 0.29) is 5.91 Å². The first-order chi connectivity index (χ1) is 17.7. The van der Waals surface area contributed by atoms with Crippen LogP contribution in [0.3, 0.4) is 0 Å². The summed E-state index contributed by atoms with van der Waals surface area (Å²) in [6.45, 7) is 4.95. The Morgan fingerprint density at radius 2 is 1.46 bits per heavy atom. The number of hydrogen-bond donors (Lipinski definition) is 4. The van der Waals surface area contributed by atoms with E-state index in [1.54, 1.807) is 6.08 Å². The zero-order valence-electron chi connectivity index (χ0n) is 20.8. The van der Waals surface area contributed by atoms with E-state index in [0.29, 0.717) is 32.4 Å². The van der Waals surface area contributed by atoms with Crippen molar-refractivity contribution in [3.05, 3.63) is 35.9 Å². The number of nitrogens with zero attached hydrogens (tertiary/aromatic N) is 2. The van der Waals surface area contributed by atoms with E-state index in [4.69, 9.17) is 29.9 Å². The van der Waals surface area contributed by atoms with Crippen molar-refractivity contribution in [2.45, 2.75) is 56.5 Å². The van der Waals surface area contributed by atoms with Crippen LogP contribution in [0.1, 0.15) is 37.7 Å². The van der Waals surface area contributed by atoms with E-state index in [2.05, 4.69) is 4.90 Å². The van der Waals surface area contributed by atoms with Crippen LogP contribution in [0.4, 0.5) is 0 Å². The highest BCUT2D eigenvalue weighted by atomic mass is 16.5. The van der Waals surface area contributed by atoms with Gasteiger partial charge in [0.15, 0.2) is 12.2 Å². The number of benzene rings is 1. The largest absolute Gasteiger partial charge is 0.490 e. The molecule has 0 radical (unpaired) electrons. The van der Waals surface area contributed by atoms with Gasteiger partial charge in [-0.05, 0) is 49.5 Å². The van der Waals surface area contributed by atoms with Crippen LogP contribution in [-0.2, 0) is 19.1 Å². The topological polar surface area (TPSA) is 157 Å². The zero-order chi connectivity index (χ0) is 26.8. The first kappa shape index (κ1) is 28.6. The molecule has 1 saturated carbocycles. The number of aliphatic hydroxyl groups is 2. The minimum Gasteiger partial charge on any atom is -0.490 e. The van der Waals surface area contributed by atoms with E-state index < -0.39 is 24.1 Å². The summed E-state index contributed by atoms with van der Waals surface area (Å²) in [6, 6.07) is 8.90. The number of hydrogen-bond acceptors (Lipinski definition) is 8. The van der Waals surface area contributed by atoms with Gasteiger partial charge in [0.2, 0.25) is 5.91 Å². The highest BCUT2D eigenvalue weighted by molar-refractivity contribution is 5.91. The second-order valence-corrected chi connectivity index (χ2v) is 9.34. The average molecular weight is 521 g/mol. The fraction of sp³-hybridized carbons (Fsp3) is 0.577. The SMILES string of the molecule is O=C(C=Cc1ccc(OC2CCN(C3CCC3)CC2)cc1)N1CCOCC1.O=C(O)[C@H](O)[C@@H](O)C(=O)O. The summed E-state index contributed by atoms with van der Waals surface area (Å²) in [4.78, 5) is 36.2. The molecule has 37 heavy (non-hydrogen) atoms. The summed E-state index contributed by atoms with van der Waals surface area (Å²) in [5.74, 6) is -2.56. The molecule has 11 nitrogen and oxygen atoms in total. The van der Waals surface area contributed by atoms with Crippen LogP contribution >= 0.6 is 0 Å². The predicted molar refractivity (Wildman–Crippen MR) is 133 cm³/mol. The molecular formula is C26H36N2O9. The van der Waals surface area contributed by atoms with Crippen LogP contribution in [0, 0.1) is 0 Å². The molecule has 204 valence electrons. The molecule has 1 aromatic carbocycles. The molecule has 4 N–H and O–H groups in total. The third kappa shape index (κ3) is 8.81. The van der Waals surface area contributed by atoms with E-state index in [0.717, 1.165) is 30.2 Å². The fourth-order valence-corrected chi connectivity index (χ4v) is 4.29. The lowest BCUT2D eigenvalue weighted by Crippen LogP contribution is -2.46. The molecule has 1 amide bonds. The summed E-state index contributed by atoms with van der Waals surface area (Å²) >= 11 is 0. The van der Waals surface area contributed by atoms with Crippen LogP contribution < -0.4 is 4.74 Å². The molecule has 0 unspecified atom stereocenters. The maximum absolute atomic E-state index is 12.2. The molecule has 2 atom stereocenters. The van der Waals surface area contributed by atoms with Crippen LogP contribution in [-0.4, -0.2) is 112 Å². The van der Waals surface area contributed by atoms with E-state index >= 15 is 0 Å². The quantitative estimate of drug-likeness (QED) is 0.362. The Hall–Kier alpha value is -2.99. The minimum atomic E-state index is -2.27. The lowest BCUT2D eigenvalue weighted by Gasteiger charge is -2.41. The smallest absolute Gasteiger partial charge is 0.335 e. The van der Waals surface area contributed by atoms with Gasteiger partial charge in [-0.1, -0.05) is 18.6 Å². The van der Waals surface area contributed by atoms with Gasteiger partial charge < -0.3 is 39.7 Å². The van der Waals surface area contributed by atoms with Gasteiger partial charge in [-0.3, -0.25) is 4.79 Å². The van der Waals surface area contributed by atoms with Crippen LogP contribution in [0.15, 0.2) is 30.3 Å². The second kappa shape index (κ2) is 14.1. The Bertz CT molecular complexity index is 900. The van der Waals surface area contributed by atoms with Crippen molar-refractivity contribution in [1.82, 2.24) is 9.80 Å². The number of carboxylic acids is 2. The first-order valence-electron chi connectivity index (χ1n) is 12.6. The lowest BCUT2D eigenvalue weighted by atomic mass is 9.90. The monoisotopic (exact) mass is 520 g/mol. The Morgan fingerprint density at radius 1 is 0.892 bits per heavy atom. The number of piperidine rings is 1. The van der Waals surface area contributed by atoms with Gasteiger partial charge >= 0.3 is 11.9 Å². The summed E-state index contributed by atoms with van der Waals surface area (Å²) in [5, 5.41) is 32.5. The molecule has 3 aliphatic rings. The van der Waals surface area contributed by atoms with Gasteiger partial charge in [-0.25, -0.2) is 9.59 Å². The van der Waals surface area contributed by atoms with Crippen molar-refractivity contribution in [3.8, 4) is 5.75 Å². The molecule has 3 fully saturated rings. The van der Waals surface area contributed by atoms with Crippen LogP contribution in [0.5, 0.6) is 5.75 Å². The fourth-order valence-electron chi connectivity index (χ4n) is 4.29. The number of amides is 1. The van der Waals surface area contributed by atoms with Gasteiger partial charge in [-0.2, -0.15) is 0 Å². The standard InChI is InChI=1S/C22H30N2O3.C4H6O6/c25-22(24-14-16-26-17-15-24)9-6-18-4-7-20(8-5-18)27-21-10-12-23(13-11-21)19-2-1-3-19;5-1(3(7)8)2(6)4(9)10/h4-9,19,21H,1-3,10-17H2;1-2,5-6H,(H,7,8)(H,9,10)/t;1-,2-/m.1/s1. The van der Waals surface area contributed by atoms with Gasteiger partial charge in [0, 0.05) is 38.3 Å². The third-order valence-electron chi connectivity index (χ3n) is 6.80. The first-order valence-corrected chi connectivity index (χ1v) is 12.6. The number of carbonyl (C=O) groups excluding carboxylic acids is 1. The summed E-state index contributed by atoms with van der Waals surface area (Å²) in [7, 11) is 0. The molecule has 0 bridgehead atoms. The number of aliphatic carboxylic acids is 2. The number of morpholine rings is 1. The zero-order valence-corrected chi connectivity index (χ0v) is 20.8. The molecule has 0 spiro atoms. The molecule has 2 aliphatic heterocycles. The van der Waals surface area contributed by atoms with Crippen LogP contribution in [0.25, 0.3) is 6.08 Å². The molecule has 4 rings (SSSR count). The van der Waals surface area contributed by atoms with Gasteiger partial charge in [0.1, 0.15) is 11.9 Å². The van der Waals surface area contributed by atoms with Crippen molar-refractivity contribution >= 4 is 23.9 Å². The lowest BCUT2D eigenvalue weighted by molar-refractivity contribution is -0.165. The van der Waals surface area contributed by atoms with E-state index in [1.165, 1.54) is 32.4 Å². The predicted octanol–water partition coefficient (Wildman–Crippen LogP) is 0.832. The highest BCUT2D eigenvalue weighted by Crippen LogP contribution is 2.28. The normalized spacial score (nSPS) is 20.9. The van der Waals surface area contributed by atoms with Gasteiger partial charge in [0.25, 0.3) is 0 Å². The highest BCUT2D eigenvalue weighted by Gasteiger charge is 2.30. The van der Waals surface area contributed by atoms with Crippen molar-refractivity contribution in [1.29, 1.82) is 0 Å². The Labute approximate surface area is 215 Å². The Balaban J connectivity index is 0.000000325. The van der Waals surface area contributed by atoms with E-state index in [1.807, 2.05) is 35.2 Å². The molecular weight excluding hydrogens is 484 g/mol. The van der Waals surface area contributed by atoms with Crippen molar-refractivity contribution in [3.63, 3.8) is 0 Å².